The van der Waals surface area contributed by atoms with Crippen molar-refractivity contribution in [3.05, 3.63) is 54.1 Å². The van der Waals surface area contributed by atoms with Gasteiger partial charge in [-0.05, 0) is 50.1 Å². The second-order valence-corrected chi connectivity index (χ2v) is 5.48. The predicted octanol–water partition coefficient (Wildman–Crippen LogP) is 3.85. The molecule has 0 aromatic heterocycles. The van der Waals surface area contributed by atoms with Gasteiger partial charge in [-0.15, -0.1) is 0 Å². The molecule has 1 atom stereocenters. The van der Waals surface area contributed by atoms with Gasteiger partial charge in [0.15, 0.2) is 0 Å². The fourth-order valence-electron chi connectivity index (χ4n) is 2.44. The summed E-state index contributed by atoms with van der Waals surface area (Å²) in [6, 6.07) is 14.9. The highest BCUT2D eigenvalue weighted by Crippen LogP contribution is 2.23. The normalized spacial score (nSPS) is 11.5. The molecule has 2 amide bonds. The van der Waals surface area contributed by atoms with Crippen LogP contribution in [0.25, 0.3) is 0 Å². The maximum atomic E-state index is 12.2. The van der Waals surface area contributed by atoms with Gasteiger partial charge in [0.1, 0.15) is 11.5 Å². The van der Waals surface area contributed by atoms with Crippen LogP contribution < -0.4 is 20.1 Å². The van der Waals surface area contributed by atoms with Crippen LogP contribution in [-0.2, 0) is 6.42 Å². The number of amides is 2. The van der Waals surface area contributed by atoms with Gasteiger partial charge in [-0.3, -0.25) is 0 Å². The lowest BCUT2D eigenvalue weighted by Gasteiger charge is -2.16. The molecule has 0 fully saturated rings. The molecule has 0 bridgehead atoms. The Labute approximate surface area is 143 Å². The third kappa shape index (κ3) is 5.19. The summed E-state index contributed by atoms with van der Waals surface area (Å²) in [5.41, 5.74) is 1.77. The summed E-state index contributed by atoms with van der Waals surface area (Å²) >= 11 is 0. The Kier molecular flexibility index (Phi) is 6.49. The number of hydrogen-bond acceptors (Lipinski definition) is 3. The third-order valence-electron chi connectivity index (χ3n) is 3.49. The molecule has 0 spiro atoms. The van der Waals surface area contributed by atoms with Crippen LogP contribution in [0.1, 0.15) is 19.4 Å². The molecule has 0 aliphatic heterocycles. The topological polar surface area (TPSA) is 59.6 Å². The molecule has 2 rings (SSSR count). The number of benzene rings is 2. The fraction of sp³-hybridized carbons (Fsp3) is 0.316. The zero-order chi connectivity index (χ0) is 17.4. The SMILES string of the molecule is CCOc1ccccc1NC(=O)NC(C)Cc1cccc(OC)c1. The van der Waals surface area contributed by atoms with E-state index in [9.17, 15) is 4.79 Å². The van der Waals surface area contributed by atoms with Crippen molar-refractivity contribution in [3.8, 4) is 11.5 Å². The number of para-hydroxylation sites is 2. The highest BCUT2D eigenvalue weighted by molar-refractivity contribution is 5.91. The molecule has 0 radical (unpaired) electrons. The third-order valence-corrected chi connectivity index (χ3v) is 3.49. The first-order valence-corrected chi connectivity index (χ1v) is 8.04. The van der Waals surface area contributed by atoms with Gasteiger partial charge in [0.25, 0.3) is 0 Å². The Hall–Kier alpha value is -2.69. The molecule has 5 heteroatoms. The lowest BCUT2D eigenvalue weighted by molar-refractivity contribution is 0.249. The van der Waals surface area contributed by atoms with Gasteiger partial charge in [0.05, 0.1) is 19.4 Å². The number of carbonyl (C=O) groups excluding carboxylic acids is 1. The molecule has 0 aliphatic rings. The van der Waals surface area contributed by atoms with Gasteiger partial charge < -0.3 is 20.1 Å². The van der Waals surface area contributed by atoms with Crippen LogP contribution in [0.3, 0.4) is 0 Å². The number of hydrogen-bond donors (Lipinski definition) is 2. The Morgan fingerprint density at radius 3 is 2.71 bits per heavy atom. The molecule has 128 valence electrons. The Morgan fingerprint density at radius 2 is 1.96 bits per heavy atom. The molecule has 0 saturated carbocycles. The maximum Gasteiger partial charge on any atom is 0.319 e. The zero-order valence-corrected chi connectivity index (χ0v) is 14.3. The largest absolute Gasteiger partial charge is 0.497 e. The Balaban J connectivity index is 1.92. The monoisotopic (exact) mass is 328 g/mol. The van der Waals surface area contributed by atoms with Crippen molar-refractivity contribution in [1.82, 2.24) is 5.32 Å². The summed E-state index contributed by atoms with van der Waals surface area (Å²) in [7, 11) is 1.64. The van der Waals surface area contributed by atoms with Crippen LogP contribution >= 0.6 is 0 Å². The predicted molar refractivity (Wildman–Crippen MR) is 95.9 cm³/mol. The summed E-state index contributed by atoms with van der Waals surface area (Å²) in [4.78, 5) is 12.2. The first-order valence-electron chi connectivity index (χ1n) is 8.04. The van der Waals surface area contributed by atoms with Crippen molar-refractivity contribution in [3.63, 3.8) is 0 Å². The molecule has 0 saturated heterocycles. The molecule has 5 nitrogen and oxygen atoms in total. The molecule has 24 heavy (non-hydrogen) atoms. The van der Waals surface area contributed by atoms with Crippen molar-refractivity contribution in [2.45, 2.75) is 26.3 Å². The average molecular weight is 328 g/mol. The highest BCUT2D eigenvalue weighted by atomic mass is 16.5. The van der Waals surface area contributed by atoms with Crippen molar-refractivity contribution in [1.29, 1.82) is 0 Å². The van der Waals surface area contributed by atoms with E-state index in [1.165, 1.54) is 0 Å². The number of anilines is 1. The van der Waals surface area contributed by atoms with Gasteiger partial charge >= 0.3 is 6.03 Å². The van der Waals surface area contributed by atoms with E-state index in [-0.39, 0.29) is 12.1 Å². The van der Waals surface area contributed by atoms with Crippen molar-refractivity contribution < 1.29 is 14.3 Å². The van der Waals surface area contributed by atoms with E-state index < -0.39 is 0 Å². The van der Waals surface area contributed by atoms with E-state index in [0.29, 0.717) is 18.0 Å². The molecule has 2 aromatic carbocycles. The molecule has 2 aromatic rings. The average Bonchev–Trinajstić information content (AvgIpc) is 2.56. The number of nitrogens with one attached hydrogen (secondary N) is 2. The number of carbonyl (C=O) groups is 1. The highest BCUT2D eigenvalue weighted by Gasteiger charge is 2.11. The lowest BCUT2D eigenvalue weighted by Crippen LogP contribution is -2.37. The Bertz CT molecular complexity index is 673. The van der Waals surface area contributed by atoms with E-state index >= 15 is 0 Å². The summed E-state index contributed by atoms with van der Waals surface area (Å²) in [5.74, 6) is 1.48. The molecule has 2 N–H and O–H groups in total. The van der Waals surface area contributed by atoms with Gasteiger partial charge in [-0.25, -0.2) is 4.79 Å². The smallest absolute Gasteiger partial charge is 0.319 e. The van der Waals surface area contributed by atoms with Crippen molar-refractivity contribution in [2.24, 2.45) is 0 Å². The summed E-state index contributed by atoms with van der Waals surface area (Å²) in [6.45, 7) is 4.42. The second-order valence-electron chi connectivity index (χ2n) is 5.48. The minimum atomic E-state index is -0.252. The van der Waals surface area contributed by atoms with Crippen molar-refractivity contribution >= 4 is 11.7 Å². The Morgan fingerprint density at radius 1 is 1.17 bits per heavy atom. The van der Waals surface area contributed by atoms with Crippen LogP contribution in [0.5, 0.6) is 11.5 Å². The number of rotatable bonds is 7. The van der Waals surface area contributed by atoms with E-state index in [0.717, 1.165) is 17.7 Å². The van der Waals surface area contributed by atoms with Crippen LogP contribution in [-0.4, -0.2) is 25.8 Å². The lowest BCUT2D eigenvalue weighted by atomic mass is 10.1. The fourth-order valence-corrected chi connectivity index (χ4v) is 2.44. The minimum Gasteiger partial charge on any atom is -0.497 e. The zero-order valence-electron chi connectivity index (χ0n) is 14.3. The number of urea groups is 1. The van der Waals surface area contributed by atoms with Gasteiger partial charge in [-0.2, -0.15) is 0 Å². The van der Waals surface area contributed by atoms with Crippen LogP contribution in [0.2, 0.25) is 0 Å². The van der Waals surface area contributed by atoms with E-state index in [1.807, 2.05) is 62.4 Å². The van der Waals surface area contributed by atoms with E-state index in [2.05, 4.69) is 10.6 Å². The van der Waals surface area contributed by atoms with Crippen LogP contribution in [0, 0.1) is 0 Å². The first kappa shape index (κ1) is 17.7. The molecule has 0 aliphatic carbocycles. The molecular weight excluding hydrogens is 304 g/mol. The molecule has 1 unspecified atom stereocenters. The van der Waals surface area contributed by atoms with E-state index in [1.54, 1.807) is 7.11 Å². The summed E-state index contributed by atoms with van der Waals surface area (Å²) < 4.78 is 10.7. The molecular formula is C19H24N2O3. The van der Waals surface area contributed by atoms with Crippen molar-refractivity contribution in [2.75, 3.05) is 19.0 Å². The first-order chi connectivity index (χ1) is 11.6. The van der Waals surface area contributed by atoms with Crippen LogP contribution in [0.4, 0.5) is 10.5 Å². The number of ether oxygens (including phenoxy) is 2. The second kappa shape index (κ2) is 8.82. The summed E-state index contributed by atoms with van der Waals surface area (Å²) in [6.07, 6.45) is 0.720. The van der Waals surface area contributed by atoms with Gasteiger partial charge in [0.2, 0.25) is 0 Å². The standard InChI is InChI=1S/C19H24N2O3/c1-4-24-18-11-6-5-10-17(18)21-19(22)20-14(2)12-15-8-7-9-16(13-15)23-3/h5-11,13-14H,4,12H2,1-3H3,(H2,20,21,22). The van der Waals surface area contributed by atoms with Gasteiger partial charge in [0, 0.05) is 6.04 Å². The molecule has 0 heterocycles. The quantitative estimate of drug-likeness (QED) is 0.812. The summed E-state index contributed by atoms with van der Waals surface area (Å²) in [5, 5.41) is 5.77. The van der Waals surface area contributed by atoms with Crippen LogP contribution in [0.15, 0.2) is 48.5 Å². The maximum absolute atomic E-state index is 12.2. The number of methoxy groups -OCH3 is 1. The van der Waals surface area contributed by atoms with Gasteiger partial charge in [-0.1, -0.05) is 24.3 Å². The minimum absolute atomic E-state index is 0.0173. The van der Waals surface area contributed by atoms with E-state index in [4.69, 9.17) is 9.47 Å².